The van der Waals surface area contributed by atoms with E-state index >= 15 is 0 Å². The molecule has 2 aliphatic heterocycles. The summed E-state index contributed by atoms with van der Waals surface area (Å²) in [6.45, 7) is 4.18. The second-order valence-electron chi connectivity index (χ2n) is 8.64. The van der Waals surface area contributed by atoms with Gasteiger partial charge in [-0.3, -0.25) is 4.79 Å². The van der Waals surface area contributed by atoms with Crippen molar-refractivity contribution in [3.05, 3.63) is 53.3 Å². The molecule has 1 aromatic carbocycles. The van der Waals surface area contributed by atoms with E-state index in [-0.39, 0.29) is 17.7 Å². The first-order valence-electron chi connectivity index (χ1n) is 10.6. The number of anilines is 1. The smallest absolute Gasteiger partial charge is 0.356 e. The van der Waals surface area contributed by atoms with Gasteiger partial charge in [0.1, 0.15) is 0 Å². The van der Waals surface area contributed by atoms with Gasteiger partial charge in [0, 0.05) is 43.1 Å². The maximum atomic E-state index is 13.0. The van der Waals surface area contributed by atoms with Crippen LogP contribution in [0.2, 0.25) is 0 Å². The number of amides is 1. The third-order valence-electron chi connectivity index (χ3n) is 6.53. The van der Waals surface area contributed by atoms with Gasteiger partial charge in [-0.25, -0.2) is 14.8 Å². The summed E-state index contributed by atoms with van der Waals surface area (Å²) in [7, 11) is 1.36. The Morgan fingerprint density at radius 3 is 2.53 bits per heavy atom. The second kappa shape index (κ2) is 7.38. The number of fused-ring (bicyclic) bond motifs is 1. The molecule has 0 spiro atoms. The minimum absolute atomic E-state index is 0.0826. The van der Waals surface area contributed by atoms with Gasteiger partial charge < -0.3 is 14.5 Å². The van der Waals surface area contributed by atoms with Crippen LogP contribution in [0.1, 0.15) is 40.6 Å². The van der Waals surface area contributed by atoms with Crippen LogP contribution in [0.25, 0.3) is 0 Å². The largest absolute Gasteiger partial charge is 0.464 e. The molecule has 3 heterocycles. The summed E-state index contributed by atoms with van der Waals surface area (Å²) in [6.07, 6.45) is 2.04. The first kappa shape index (κ1) is 19.0. The Morgan fingerprint density at radius 2 is 1.83 bits per heavy atom. The molecule has 7 nitrogen and oxygen atoms in total. The minimum Gasteiger partial charge on any atom is -0.464 e. The van der Waals surface area contributed by atoms with Crippen LogP contribution in [0, 0.1) is 24.7 Å². The van der Waals surface area contributed by atoms with E-state index in [1.807, 2.05) is 25.1 Å². The maximum absolute atomic E-state index is 13.0. The van der Waals surface area contributed by atoms with Crippen LogP contribution in [-0.4, -0.2) is 53.5 Å². The molecular weight excluding hydrogens is 380 g/mol. The Bertz CT molecular complexity index is 976. The Kier molecular flexibility index (Phi) is 4.68. The average Bonchev–Trinajstić information content (AvgIpc) is 3.43. The number of carbonyl (C=O) groups excluding carboxylic acids is 2. The van der Waals surface area contributed by atoms with Crippen LogP contribution in [-0.2, 0) is 9.53 Å². The third kappa shape index (κ3) is 3.32. The number of likely N-dealkylation sites (tertiary alicyclic amines) is 1. The van der Waals surface area contributed by atoms with Crippen molar-refractivity contribution in [1.29, 1.82) is 0 Å². The normalized spacial score (nSPS) is 25.3. The fraction of sp³-hybridized carbons (Fsp3) is 0.478. The third-order valence-corrected chi connectivity index (χ3v) is 6.53. The second-order valence-corrected chi connectivity index (χ2v) is 8.64. The highest BCUT2D eigenvalue weighted by Crippen LogP contribution is 2.47. The van der Waals surface area contributed by atoms with Crippen LogP contribution in [0.5, 0.6) is 0 Å². The highest BCUT2D eigenvalue weighted by molar-refractivity contribution is 5.87. The Morgan fingerprint density at radius 1 is 1.07 bits per heavy atom. The quantitative estimate of drug-likeness (QED) is 0.727. The molecule has 0 N–H and O–H groups in total. The maximum Gasteiger partial charge on any atom is 0.356 e. The number of carbonyl (C=O) groups is 2. The summed E-state index contributed by atoms with van der Waals surface area (Å²) in [4.78, 5) is 38.3. The summed E-state index contributed by atoms with van der Waals surface area (Å²) >= 11 is 0. The van der Waals surface area contributed by atoms with E-state index in [9.17, 15) is 9.59 Å². The van der Waals surface area contributed by atoms with Crippen molar-refractivity contribution in [2.24, 2.45) is 17.8 Å². The number of methoxy groups -OCH3 is 1. The van der Waals surface area contributed by atoms with E-state index in [1.165, 1.54) is 12.7 Å². The molecule has 3 fully saturated rings. The monoisotopic (exact) mass is 406 g/mol. The lowest BCUT2D eigenvalue weighted by molar-refractivity contribution is -0.134. The number of ether oxygens (including phenoxy) is 1. The lowest BCUT2D eigenvalue weighted by Gasteiger charge is -2.30. The molecule has 0 bridgehead atoms. The first-order valence-corrected chi connectivity index (χ1v) is 10.6. The van der Waals surface area contributed by atoms with E-state index in [1.54, 1.807) is 6.07 Å². The molecule has 1 aromatic heterocycles. The standard InChI is InChI=1S/C23H26N4O3/c1-14-10-19(22(29)30-2)25-23(24-14)26-11-17-12-27(21(28)16-8-9-16)20(18(17)13-26)15-6-4-3-5-7-15/h3-7,10,16-18,20H,8-9,11-13H2,1-2H3/t17-,18-,20-/m0/s1. The average molecular weight is 406 g/mol. The summed E-state index contributed by atoms with van der Waals surface area (Å²) in [5.41, 5.74) is 2.21. The number of aryl methyl sites for hydroxylation is 1. The molecule has 1 amide bonds. The topological polar surface area (TPSA) is 75.6 Å². The van der Waals surface area contributed by atoms with Crippen LogP contribution in [0.4, 0.5) is 5.95 Å². The van der Waals surface area contributed by atoms with Crippen LogP contribution >= 0.6 is 0 Å². The molecule has 5 rings (SSSR count). The van der Waals surface area contributed by atoms with Crippen molar-refractivity contribution in [2.75, 3.05) is 31.6 Å². The lowest BCUT2D eigenvalue weighted by atomic mass is 9.89. The van der Waals surface area contributed by atoms with Gasteiger partial charge in [-0.2, -0.15) is 0 Å². The number of aromatic nitrogens is 2. The van der Waals surface area contributed by atoms with Crippen molar-refractivity contribution in [2.45, 2.75) is 25.8 Å². The molecule has 1 aliphatic carbocycles. The molecule has 3 atom stereocenters. The van der Waals surface area contributed by atoms with Crippen molar-refractivity contribution in [1.82, 2.24) is 14.9 Å². The van der Waals surface area contributed by atoms with E-state index in [2.05, 4.69) is 31.9 Å². The summed E-state index contributed by atoms with van der Waals surface area (Å²) in [5, 5.41) is 0. The molecule has 30 heavy (non-hydrogen) atoms. The number of rotatable bonds is 4. The minimum atomic E-state index is -0.454. The van der Waals surface area contributed by atoms with Gasteiger partial charge in [-0.15, -0.1) is 0 Å². The van der Waals surface area contributed by atoms with Gasteiger partial charge in [0.05, 0.1) is 13.2 Å². The predicted molar refractivity (Wildman–Crippen MR) is 111 cm³/mol. The van der Waals surface area contributed by atoms with Crippen LogP contribution in [0.3, 0.4) is 0 Å². The Hall–Kier alpha value is -2.96. The van der Waals surface area contributed by atoms with Crippen LogP contribution < -0.4 is 4.90 Å². The van der Waals surface area contributed by atoms with Gasteiger partial charge in [0.2, 0.25) is 11.9 Å². The van der Waals surface area contributed by atoms with E-state index in [0.717, 1.165) is 38.2 Å². The number of esters is 1. The molecule has 156 valence electrons. The molecule has 0 radical (unpaired) electrons. The van der Waals surface area contributed by atoms with E-state index in [0.29, 0.717) is 23.7 Å². The summed E-state index contributed by atoms with van der Waals surface area (Å²) in [5.74, 6) is 1.32. The number of benzene rings is 1. The van der Waals surface area contributed by atoms with E-state index < -0.39 is 5.97 Å². The van der Waals surface area contributed by atoms with Gasteiger partial charge in [0.15, 0.2) is 5.69 Å². The molecule has 2 saturated heterocycles. The first-order chi connectivity index (χ1) is 14.5. The van der Waals surface area contributed by atoms with E-state index in [4.69, 9.17) is 4.74 Å². The molecule has 1 saturated carbocycles. The highest BCUT2D eigenvalue weighted by atomic mass is 16.5. The molecule has 3 aliphatic rings. The zero-order chi connectivity index (χ0) is 20.8. The number of nitrogens with zero attached hydrogens (tertiary/aromatic N) is 4. The van der Waals surface area contributed by atoms with Crippen molar-refractivity contribution in [3.8, 4) is 0 Å². The Balaban J connectivity index is 1.43. The predicted octanol–water partition coefficient (Wildman–Crippen LogP) is 2.62. The molecule has 7 heteroatoms. The summed E-state index contributed by atoms with van der Waals surface area (Å²) in [6, 6.07) is 12.1. The SMILES string of the molecule is COC(=O)c1cc(C)nc(N2C[C@H]3CN(C(=O)C4CC4)[C@@H](c4ccccc4)[C@H]3C2)n1. The summed E-state index contributed by atoms with van der Waals surface area (Å²) < 4.78 is 4.84. The zero-order valence-electron chi connectivity index (χ0n) is 17.3. The fourth-order valence-electron chi connectivity index (χ4n) is 4.98. The van der Waals surface area contributed by atoms with Crippen molar-refractivity contribution < 1.29 is 14.3 Å². The highest BCUT2D eigenvalue weighted by Gasteiger charge is 2.51. The molecule has 2 aromatic rings. The van der Waals surface area contributed by atoms with Crippen molar-refractivity contribution >= 4 is 17.8 Å². The van der Waals surface area contributed by atoms with Crippen LogP contribution in [0.15, 0.2) is 36.4 Å². The lowest BCUT2D eigenvalue weighted by Crippen LogP contribution is -2.37. The van der Waals surface area contributed by atoms with Gasteiger partial charge in [-0.1, -0.05) is 30.3 Å². The molecule has 0 unspecified atom stereocenters. The zero-order valence-corrected chi connectivity index (χ0v) is 17.3. The van der Waals surface area contributed by atoms with Crippen molar-refractivity contribution in [3.63, 3.8) is 0 Å². The fourth-order valence-corrected chi connectivity index (χ4v) is 4.98. The van der Waals surface area contributed by atoms with Gasteiger partial charge in [0.25, 0.3) is 0 Å². The number of hydrogen-bond acceptors (Lipinski definition) is 6. The molecular formula is C23H26N4O3. The Labute approximate surface area is 176 Å². The van der Waals surface area contributed by atoms with Gasteiger partial charge >= 0.3 is 5.97 Å². The number of hydrogen-bond donors (Lipinski definition) is 0. The van der Waals surface area contributed by atoms with Gasteiger partial charge in [-0.05, 0) is 31.4 Å².